The summed E-state index contributed by atoms with van der Waals surface area (Å²) in [6, 6.07) is 5.86. The van der Waals surface area contributed by atoms with E-state index >= 15 is 0 Å². The molecule has 1 unspecified atom stereocenters. The number of ether oxygens (including phenoxy) is 2. The Balaban J connectivity index is 2.91. The molecule has 0 radical (unpaired) electrons. The van der Waals surface area contributed by atoms with E-state index in [1.54, 1.807) is 7.11 Å². The van der Waals surface area contributed by atoms with Gasteiger partial charge in [-0.3, -0.25) is 0 Å². The van der Waals surface area contributed by atoms with Crippen molar-refractivity contribution in [3.8, 4) is 5.75 Å². The van der Waals surface area contributed by atoms with Gasteiger partial charge in [-0.15, -0.1) is 0 Å². The van der Waals surface area contributed by atoms with Gasteiger partial charge in [0.2, 0.25) is 0 Å². The van der Waals surface area contributed by atoms with Gasteiger partial charge in [-0.2, -0.15) is 0 Å². The van der Waals surface area contributed by atoms with Crippen molar-refractivity contribution in [2.45, 2.75) is 45.6 Å². The monoisotopic (exact) mass is 308 g/mol. The van der Waals surface area contributed by atoms with Crippen molar-refractivity contribution in [1.82, 2.24) is 5.32 Å². The molecular formula is C17H28N2O3. The van der Waals surface area contributed by atoms with Crippen molar-refractivity contribution in [2.24, 2.45) is 5.73 Å². The van der Waals surface area contributed by atoms with Crippen LogP contribution in [0.4, 0.5) is 4.79 Å². The van der Waals surface area contributed by atoms with Crippen LogP contribution in [-0.4, -0.2) is 31.9 Å². The summed E-state index contributed by atoms with van der Waals surface area (Å²) in [6.07, 6.45) is -0.437. The normalized spacial score (nSPS) is 14.1. The summed E-state index contributed by atoms with van der Waals surface area (Å²) < 4.78 is 10.6. The SMILES string of the molecule is COc1cccc(C(C)(CN)CNC(=O)OC(C)(C)C)c1C. The van der Waals surface area contributed by atoms with Gasteiger partial charge in [-0.25, -0.2) is 4.79 Å². The average molecular weight is 308 g/mol. The molecule has 0 saturated carbocycles. The maximum Gasteiger partial charge on any atom is 0.407 e. The molecule has 5 heteroatoms. The Bertz CT molecular complexity index is 523. The van der Waals surface area contributed by atoms with Gasteiger partial charge in [0.1, 0.15) is 11.4 Å². The highest BCUT2D eigenvalue weighted by Gasteiger charge is 2.29. The Morgan fingerprint density at radius 1 is 1.27 bits per heavy atom. The van der Waals surface area contributed by atoms with Gasteiger partial charge in [0.15, 0.2) is 0 Å². The fourth-order valence-corrected chi connectivity index (χ4v) is 2.35. The predicted molar refractivity (Wildman–Crippen MR) is 88.4 cm³/mol. The van der Waals surface area contributed by atoms with Crippen LogP contribution < -0.4 is 15.8 Å². The Morgan fingerprint density at radius 2 is 1.91 bits per heavy atom. The minimum atomic E-state index is -0.519. The van der Waals surface area contributed by atoms with Gasteiger partial charge in [0.25, 0.3) is 0 Å². The van der Waals surface area contributed by atoms with E-state index in [1.807, 2.05) is 52.8 Å². The minimum absolute atomic E-state index is 0.393. The number of benzene rings is 1. The molecular weight excluding hydrogens is 280 g/mol. The van der Waals surface area contributed by atoms with Gasteiger partial charge in [0.05, 0.1) is 7.11 Å². The molecule has 0 aliphatic heterocycles. The highest BCUT2D eigenvalue weighted by atomic mass is 16.6. The molecule has 124 valence electrons. The molecule has 0 aliphatic carbocycles. The molecule has 5 nitrogen and oxygen atoms in total. The van der Waals surface area contributed by atoms with Gasteiger partial charge in [0, 0.05) is 18.5 Å². The van der Waals surface area contributed by atoms with E-state index in [1.165, 1.54) is 0 Å². The molecule has 0 bridgehead atoms. The largest absolute Gasteiger partial charge is 0.496 e. The zero-order valence-corrected chi connectivity index (χ0v) is 14.4. The molecule has 1 rings (SSSR count). The number of carbonyl (C=O) groups is 1. The lowest BCUT2D eigenvalue weighted by molar-refractivity contribution is 0.0516. The molecule has 0 aliphatic rings. The third-order valence-corrected chi connectivity index (χ3v) is 3.63. The van der Waals surface area contributed by atoms with Crippen molar-refractivity contribution < 1.29 is 14.3 Å². The lowest BCUT2D eigenvalue weighted by Gasteiger charge is -2.31. The third kappa shape index (κ3) is 4.63. The Labute approximate surface area is 133 Å². The number of hydrogen-bond donors (Lipinski definition) is 2. The van der Waals surface area contributed by atoms with Crippen LogP contribution in [-0.2, 0) is 10.2 Å². The summed E-state index contributed by atoms with van der Waals surface area (Å²) >= 11 is 0. The number of nitrogens with one attached hydrogen (secondary N) is 1. The van der Waals surface area contributed by atoms with Crippen LogP contribution in [0.3, 0.4) is 0 Å². The second-order valence-electron chi connectivity index (χ2n) is 6.75. The second-order valence-corrected chi connectivity index (χ2v) is 6.75. The Hall–Kier alpha value is -1.75. The van der Waals surface area contributed by atoms with E-state index in [4.69, 9.17) is 15.2 Å². The quantitative estimate of drug-likeness (QED) is 0.877. The molecule has 0 fully saturated rings. The van der Waals surface area contributed by atoms with E-state index in [0.29, 0.717) is 13.1 Å². The summed E-state index contributed by atoms with van der Waals surface area (Å²) in [7, 11) is 1.64. The van der Waals surface area contributed by atoms with E-state index in [0.717, 1.165) is 16.9 Å². The number of carbonyl (C=O) groups excluding carboxylic acids is 1. The van der Waals surface area contributed by atoms with Gasteiger partial charge < -0.3 is 20.5 Å². The minimum Gasteiger partial charge on any atom is -0.496 e. The summed E-state index contributed by atoms with van der Waals surface area (Å²) in [6.45, 7) is 10.3. The third-order valence-electron chi connectivity index (χ3n) is 3.63. The fraction of sp³-hybridized carbons (Fsp3) is 0.588. The van der Waals surface area contributed by atoms with E-state index in [2.05, 4.69) is 5.32 Å². The number of hydrogen-bond acceptors (Lipinski definition) is 4. The van der Waals surface area contributed by atoms with Crippen molar-refractivity contribution in [2.75, 3.05) is 20.2 Å². The molecule has 1 aromatic carbocycles. The molecule has 1 aromatic rings. The predicted octanol–water partition coefficient (Wildman–Crippen LogP) is 2.74. The zero-order chi connectivity index (χ0) is 17.0. The molecule has 22 heavy (non-hydrogen) atoms. The highest BCUT2D eigenvalue weighted by molar-refractivity contribution is 5.68. The lowest BCUT2D eigenvalue weighted by atomic mass is 9.80. The van der Waals surface area contributed by atoms with Crippen LogP contribution in [0.2, 0.25) is 0 Å². The number of amides is 1. The first-order valence-electron chi connectivity index (χ1n) is 7.44. The van der Waals surface area contributed by atoms with Crippen molar-refractivity contribution in [3.05, 3.63) is 29.3 Å². The van der Waals surface area contributed by atoms with E-state index < -0.39 is 17.1 Å². The molecule has 0 aromatic heterocycles. The first-order valence-corrected chi connectivity index (χ1v) is 7.44. The number of nitrogens with two attached hydrogens (primary N) is 1. The molecule has 0 saturated heterocycles. The lowest BCUT2D eigenvalue weighted by Crippen LogP contribution is -2.45. The van der Waals surface area contributed by atoms with Crippen LogP contribution >= 0.6 is 0 Å². The average Bonchev–Trinajstić information content (AvgIpc) is 2.43. The Morgan fingerprint density at radius 3 is 2.41 bits per heavy atom. The van der Waals surface area contributed by atoms with Crippen molar-refractivity contribution in [1.29, 1.82) is 0 Å². The molecule has 1 amide bonds. The van der Waals surface area contributed by atoms with Crippen LogP contribution in [0.15, 0.2) is 18.2 Å². The Kier molecular flexibility index (Phi) is 5.83. The highest BCUT2D eigenvalue weighted by Crippen LogP contribution is 2.30. The molecule has 0 spiro atoms. The van der Waals surface area contributed by atoms with Crippen LogP contribution in [0.25, 0.3) is 0 Å². The second kappa shape index (κ2) is 7.01. The van der Waals surface area contributed by atoms with Gasteiger partial charge in [-0.1, -0.05) is 19.1 Å². The summed E-state index contributed by atoms with van der Waals surface area (Å²) in [5.74, 6) is 0.814. The summed E-state index contributed by atoms with van der Waals surface area (Å²) in [4.78, 5) is 11.9. The van der Waals surface area contributed by atoms with Crippen LogP contribution in [0, 0.1) is 6.92 Å². The zero-order valence-electron chi connectivity index (χ0n) is 14.4. The summed E-state index contributed by atoms with van der Waals surface area (Å²) in [5.41, 5.74) is 7.16. The fourth-order valence-electron chi connectivity index (χ4n) is 2.35. The smallest absolute Gasteiger partial charge is 0.407 e. The number of alkyl carbamates (subject to hydrolysis) is 1. The molecule has 0 heterocycles. The topological polar surface area (TPSA) is 73.6 Å². The first-order chi connectivity index (χ1) is 10.1. The first kappa shape index (κ1) is 18.3. The number of methoxy groups -OCH3 is 1. The molecule has 1 atom stereocenters. The van der Waals surface area contributed by atoms with E-state index in [9.17, 15) is 4.79 Å². The van der Waals surface area contributed by atoms with Crippen LogP contribution in [0.1, 0.15) is 38.8 Å². The summed E-state index contributed by atoms with van der Waals surface area (Å²) in [5, 5.41) is 2.81. The number of rotatable bonds is 5. The van der Waals surface area contributed by atoms with Gasteiger partial charge in [-0.05, 0) is 44.9 Å². The van der Waals surface area contributed by atoms with Crippen molar-refractivity contribution in [3.63, 3.8) is 0 Å². The van der Waals surface area contributed by atoms with E-state index in [-0.39, 0.29) is 0 Å². The maximum absolute atomic E-state index is 11.9. The standard InChI is InChI=1S/C17H28N2O3/c1-12-13(8-7-9-14(12)21-6)17(5,10-18)11-19-15(20)22-16(2,3)4/h7-9H,10-11,18H2,1-6H3,(H,19,20). The van der Waals surface area contributed by atoms with Crippen LogP contribution in [0.5, 0.6) is 5.75 Å². The van der Waals surface area contributed by atoms with Crippen molar-refractivity contribution >= 4 is 6.09 Å². The maximum atomic E-state index is 11.9. The molecule has 3 N–H and O–H groups in total. The van der Waals surface area contributed by atoms with Gasteiger partial charge >= 0.3 is 6.09 Å².